The molecule has 0 spiro atoms. The molecule has 0 aliphatic carbocycles. The van der Waals surface area contributed by atoms with Crippen LogP contribution in [0.3, 0.4) is 0 Å². The van der Waals surface area contributed by atoms with Gasteiger partial charge in [0.25, 0.3) is 0 Å². The van der Waals surface area contributed by atoms with Crippen molar-refractivity contribution in [3.63, 3.8) is 0 Å². The molecule has 0 fully saturated rings. The van der Waals surface area contributed by atoms with Crippen LogP contribution in [0.25, 0.3) is 0 Å². The molecular weight excluding hydrogens is 331 g/mol. The summed E-state index contributed by atoms with van der Waals surface area (Å²) in [6.45, 7) is 0. The Balaban J connectivity index is 2.45. The maximum Gasteiger partial charge on any atom is 0.339 e. The maximum atomic E-state index is 13.0. The number of methoxy groups -OCH3 is 1. The van der Waals surface area contributed by atoms with Crippen molar-refractivity contribution in [3.8, 4) is 0 Å². The number of hydrogen-bond donors (Lipinski definition) is 0. The fraction of sp³-hybridized carbons (Fsp3) is 0.133. The van der Waals surface area contributed by atoms with E-state index in [1.807, 2.05) is 0 Å². The molecular formula is C15H12ClFO4S. The van der Waals surface area contributed by atoms with Crippen LogP contribution in [0.5, 0.6) is 0 Å². The van der Waals surface area contributed by atoms with Gasteiger partial charge in [0.05, 0.1) is 23.3 Å². The van der Waals surface area contributed by atoms with Gasteiger partial charge < -0.3 is 4.74 Å². The van der Waals surface area contributed by atoms with Gasteiger partial charge in [0, 0.05) is 5.02 Å². The minimum Gasteiger partial charge on any atom is -0.465 e. The summed E-state index contributed by atoms with van der Waals surface area (Å²) in [6.07, 6.45) is 0. The first-order valence-corrected chi connectivity index (χ1v) is 8.22. The van der Waals surface area contributed by atoms with E-state index in [1.165, 1.54) is 37.4 Å². The van der Waals surface area contributed by atoms with E-state index in [2.05, 4.69) is 4.74 Å². The van der Waals surface area contributed by atoms with Gasteiger partial charge in [-0.3, -0.25) is 0 Å². The maximum absolute atomic E-state index is 13.0. The number of sulfone groups is 1. The van der Waals surface area contributed by atoms with Crippen LogP contribution < -0.4 is 0 Å². The Morgan fingerprint density at radius 2 is 1.91 bits per heavy atom. The predicted molar refractivity (Wildman–Crippen MR) is 80.1 cm³/mol. The van der Waals surface area contributed by atoms with E-state index in [0.29, 0.717) is 0 Å². The van der Waals surface area contributed by atoms with Gasteiger partial charge in [0.15, 0.2) is 9.84 Å². The number of rotatable bonds is 4. The molecule has 0 heterocycles. The van der Waals surface area contributed by atoms with Crippen LogP contribution in [-0.4, -0.2) is 21.5 Å². The highest BCUT2D eigenvalue weighted by Gasteiger charge is 2.24. The van der Waals surface area contributed by atoms with Gasteiger partial charge in [0.1, 0.15) is 5.82 Å². The SMILES string of the molecule is COC(=O)c1ccccc1S(=O)(=O)Cc1ccc(F)cc1Cl. The summed E-state index contributed by atoms with van der Waals surface area (Å²) in [6, 6.07) is 9.20. The second-order valence-corrected chi connectivity index (χ2v) is 6.85. The first-order chi connectivity index (χ1) is 10.3. The van der Waals surface area contributed by atoms with Crippen LogP contribution in [0.15, 0.2) is 47.4 Å². The molecule has 0 atom stereocenters. The zero-order valence-corrected chi connectivity index (χ0v) is 13.1. The molecule has 22 heavy (non-hydrogen) atoms. The molecule has 0 saturated carbocycles. The van der Waals surface area contributed by atoms with Crippen molar-refractivity contribution in [3.05, 3.63) is 64.4 Å². The highest BCUT2D eigenvalue weighted by atomic mass is 35.5. The lowest BCUT2D eigenvalue weighted by Gasteiger charge is -2.10. The van der Waals surface area contributed by atoms with Crippen molar-refractivity contribution >= 4 is 27.4 Å². The molecule has 0 bridgehead atoms. The number of halogens is 2. The van der Waals surface area contributed by atoms with Crippen LogP contribution in [0, 0.1) is 5.82 Å². The standard InChI is InChI=1S/C15H12ClFO4S/c1-21-15(18)12-4-2-3-5-14(12)22(19,20)9-10-6-7-11(17)8-13(10)16/h2-8H,9H2,1H3. The summed E-state index contributed by atoms with van der Waals surface area (Å²) in [5.74, 6) is -1.74. The molecule has 0 aliphatic heterocycles. The molecule has 0 amide bonds. The highest BCUT2D eigenvalue weighted by Crippen LogP contribution is 2.25. The first kappa shape index (κ1) is 16.5. The van der Waals surface area contributed by atoms with E-state index >= 15 is 0 Å². The third kappa shape index (κ3) is 3.45. The van der Waals surface area contributed by atoms with Gasteiger partial charge in [-0.15, -0.1) is 0 Å². The van der Waals surface area contributed by atoms with Crippen molar-refractivity contribution < 1.29 is 22.3 Å². The van der Waals surface area contributed by atoms with E-state index in [-0.39, 0.29) is 21.0 Å². The van der Waals surface area contributed by atoms with Crippen molar-refractivity contribution in [2.24, 2.45) is 0 Å². The van der Waals surface area contributed by atoms with Crippen molar-refractivity contribution in [1.29, 1.82) is 0 Å². The molecule has 0 N–H and O–H groups in total. The average Bonchev–Trinajstić information content (AvgIpc) is 2.49. The Kier molecular flexibility index (Phi) is 4.83. The first-order valence-electron chi connectivity index (χ1n) is 6.19. The lowest BCUT2D eigenvalue weighted by atomic mass is 10.2. The van der Waals surface area contributed by atoms with Crippen LogP contribution >= 0.6 is 11.6 Å². The zero-order valence-electron chi connectivity index (χ0n) is 11.5. The van der Waals surface area contributed by atoms with Gasteiger partial charge >= 0.3 is 5.97 Å². The largest absolute Gasteiger partial charge is 0.465 e. The topological polar surface area (TPSA) is 60.4 Å². The normalized spacial score (nSPS) is 11.2. The highest BCUT2D eigenvalue weighted by molar-refractivity contribution is 7.90. The Hall–Kier alpha value is -1.92. The number of carbonyl (C=O) groups is 1. The Morgan fingerprint density at radius 3 is 2.55 bits per heavy atom. The second-order valence-electron chi connectivity index (χ2n) is 4.48. The molecule has 0 aliphatic rings. The molecule has 0 unspecified atom stereocenters. The smallest absolute Gasteiger partial charge is 0.339 e. The number of carbonyl (C=O) groups excluding carboxylic acids is 1. The van der Waals surface area contributed by atoms with Crippen LogP contribution in [-0.2, 0) is 20.3 Å². The number of hydrogen-bond acceptors (Lipinski definition) is 4. The summed E-state index contributed by atoms with van der Waals surface area (Å²) >= 11 is 5.86. The summed E-state index contributed by atoms with van der Waals surface area (Å²) in [4.78, 5) is 11.5. The summed E-state index contributed by atoms with van der Waals surface area (Å²) in [7, 11) is -2.67. The molecule has 7 heteroatoms. The Bertz CT molecular complexity index is 818. The predicted octanol–water partition coefficient (Wildman–Crippen LogP) is 3.24. The van der Waals surface area contributed by atoms with Gasteiger partial charge in [-0.1, -0.05) is 29.8 Å². The number of benzene rings is 2. The van der Waals surface area contributed by atoms with Crippen LogP contribution in [0.1, 0.15) is 15.9 Å². The quantitative estimate of drug-likeness (QED) is 0.800. The molecule has 0 aromatic heterocycles. The van der Waals surface area contributed by atoms with Crippen molar-refractivity contribution in [2.75, 3.05) is 7.11 Å². The van der Waals surface area contributed by atoms with Crippen LogP contribution in [0.2, 0.25) is 5.02 Å². The summed E-state index contributed by atoms with van der Waals surface area (Å²) in [5, 5.41) is 0.0131. The van der Waals surface area contributed by atoms with Gasteiger partial charge in [-0.05, 0) is 29.8 Å². The third-order valence-electron chi connectivity index (χ3n) is 2.99. The third-order valence-corrected chi connectivity index (χ3v) is 5.06. The minimum atomic E-state index is -3.84. The van der Waals surface area contributed by atoms with Crippen LogP contribution in [0.4, 0.5) is 4.39 Å². The zero-order chi connectivity index (χ0) is 16.3. The molecule has 2 aromatic rings. The van der Waals surface area contributed by atoms with E-state index in [9.17, 15) is 17.6 Å². The summed E-state index contributed by atoms with van der Waals surface area (Å²) in [5.41, 5.74) is 0.200. The van der Waals surface area contributed by atoms with Crippen molar-refractivity contribution in [1.82, 2.24) is 0 Å². The average molecular weight is 343 g/mol. The van der Waals surface area contributed by atoms with Gasteiger partial charge in [-0.25, -0.2) is 17.6 Å². The number of esters is 1. The number of ether oxygens (including phenoxy) is 1. The van der Waals surface area contributed by atoms with Crippen molar-refractivity contribution in [2.45, 2.75) is 10.6 Å². The Labute approximate surface area is 132 Å². The molecule has 4 nitrogen and oxygen atoms in total. The van der Waals surface area contributed by atoms with E-state index in [1.54, 1.807) is 0 Å². The fourth-order valence-corrected chi connectivity index (χ4v) is 3.84. The van der Waals surface area contributed by atoms with Gasteiger partial charge in [-0.2, -0.15) is 0 Å². The van der Waals surface area contributed by atoms with E-state index in [4.69, 9.17) is 11.6 Å². The Morgan fingerprint density at radius 1 is 1.23 bits per heavy atom. The lowest BCUT2D eigenvalue weighted by molar-refractivity contribution is 0.0596. The second kappa shape index (κ2) is 6.46. The van der Waals surface area contributed by atoms with E-state index in [0.717, 1.165) is 12.1 Å². The molecule has 0 radical (unpaired) electrons. The molecule has 2 rings (SSSR count). The van der Waals surface area contributed by atoms with E-state index < -0.39 is 27.4 Å². The molecule has 0 saturated heterocycles. The molecule has 2 aromatic carbocycles. The van der Waals surface area contributed by atoms with Gasteiger partial charge in [0.2, 0.25) is 0 Å². The fourth-order valence-electron chi connectivity index (χ4n) is 1.94. The summed E-state index contributed by atoms with van der Waals surface area (Å²) < 4.78 is 42.6. The minimum absolute atomic E-state index is 0.0131. The molecule has 116 valence electrons. The lowest BCUT2D eigenvalue weighted by Crippen LogP contribution is -2.12. The monoisotopic (exact) mass is 342 g/mol.